The number of anilines is 2. The fourth-order valence-electron chi connectivity index (χ4n) is 2.64. The molecule has 144 valence electrons. The molecule has 10 heteroatoms. The molecule has 0 radical (unpaired) electrons. The van der Waals surface area contributed by atoms with E-state index in [2.05, 4.69) is 21.2 Å². The molecule has 1 aliphatic heterocycles. The molecule has 3 amide bonds. The van der Waals surface area contributed by atoms with Crippen LogP contribution in [0.25, 0.3) is 0 Å². The molecule has 2 aromatic rings. The Labute approximate surface area is 172 Å². The van der Waals surface area contributed by atoms with Crippen molar-refractivity contribution < 1.29 is 19.3 Å². The number of thioether (sulfide) groups is 1. The van der Waals surface area contributed by atoms with Crippen LogP contribution in [0.15, 0.2) is 53.0 Å². The zero-order valence-electron chi connectivity index (χ0n) is 14.3. The summed E-state index contributed by atoms with van der Waals surface area (Å²) in [6.07, 6.45) is 0.0321. The van der Waals surface area contributed by atoms with Crippen molar-refractivity contribution in [2.45, 2.75) is 11.7 Å². The van der Waals surface area contributed by atoms with E-state index in [9.17, 15) is 24.5 Å². The fraction of sp³-hybridized carbons (Fsp3) is 0.167. The van der Waals surface area contributed by atoms with Gasteiger partial charge < -0.3 is 5.32 Å². The molecule has 1 N–H and O–H groups in total. The van der Waals surface area contributed by atoms with E-state index < -0.39 is 10.2 Å². The molecule has 1 heterocycles. The first-order chi connectivity index (χ1) is 13.3. The van der Waals surface area contributed by atoms with Crippen LogP contribution >= 0.6 is 27.7 Å². The molecule has 2 aromatic carbocycles. The Balaban J connectivity index is 1.56. The van der Waals surface area contributed by atoms with Crippen LogP contribution in [0.4, 0.5) is 17.1 Å². The summed E-state index contributed by atoms with van der Waals surface area (Å²) < 4.78 is 0.837. The average molecular weight is 464 g/mol. The Morgan fingerprint density at radius 2 is 1.82 bits per heavy atom. The lowest BCUT2D eigenvalue weighted by molar-refractivity contribution is -0.384. The highest BCUT2D eigenvalue weighted by Crippen LogP contribution is 2.30. The lowest BCUT2D eigenvalue weighted by Crippen LogP contribution is -2.31. The second kappa shape index (κ2) is 8.53. The molecule has 0 saturated carbocycles. The first kappa shape index (κ1) is 20.0. The van der Waals surface area contributed by atoms with Crippen molar-refractivity contribution in [3.8, 4) is 0 Å². The molecule has 0 spiro atoms. The van der Waals surface area contributed by atoms with Crippen molar-refractivity contribution in [3.05, 3.63) is 63.1 Å². The maximum atomic E-state index is 12.6. The maximum absolute atomic E-state index is 12.6. The lowest BCUT2D eigenvalue weighted by Gasteiger charge is -2.15. The molecule has 0 aromatic heterocycles. The van der Waals surface area contributed by atoms with E-state index in [4.69, 9.17) is 0 Å². The summed E-state index contributed by atoms with van der Waals surface area (Å²) in [5.74, 6) is -1.03. The van der Waals surface area contributed by atoms with Gasteiger partial charge >= 0.3 is 0 Å². The highest BCUT2D eigenvalue weighted by atomic mass is 79.9. The molecule has 1 saturated heterocycles. The molecule has 8 nitrogen and oxygen atoms in total. The number of nitrogens with zero attached hydrogens (tertiary/aromatic N) is 2. The summed E-state index contributed by atoms with van der Waals surface area (Å²) in [4.78, 5) is 48.1. The number of non-ortho nitro benzene ring substituents is 1. The lowest BCUT2D eigenvalue weighted by atomic mass is 10.3. The quantitative estimate of drug-likeness (QED) is 0.399. The van der Waals surface area contributed by atoms with Crippen molar-refractivity contribution >= 4 is 62.5 Å². The normalized spacial score (nSPS) is 16.3. The number of nitro groups is 1. The van der Waals surface area contributed by atoms with Gasteiger partial charge in [0.1, 0.15) is 0 Å². The van der Waals surface area contributed by atoms with Crippen LogP contribution in [0.2, 0.25) is 0 Å². The van der Waals surface area contributed by atoms with E-state index in [0.717, 1.165) is 21.1 Å². The minimum absolute atomic E-state index is 0.0190. The van der Waals surface area contributed by atoms with Crippen molar-refractivity contribution in [2.24, 2.45) is 0 Å². The fourth-order valence-corrected chi connectivity index (χ4v) is 3.83. The molecule has 1 unspecified atom stereocenters. The SMILES string of the molecule is O=C(CSC1CC(=O)N(c2ccc(Br)cc2)C1=O)Nc1ccc([N+](=O)[O-])cc1. The number of hydrogen-bond donors (Lipinski definition) is 1. The Morgan fingerprint density at radius 3 is 2.43 bits per heavy atom. The van der Waals surface area contributed by atoms with Gasteiger partial charge in [-0.3, -0.25) is 24.5 Å². The highest BCUT2D eigenvalue weighted by molar-refractivity contribution is 9.10. The zero-order valence-corrected chi connectivity index (χ0v) is 16.7. The third-order valence-electron chi connectivity index (χ3n) is 3.97. The number of amides is 3. The summed E-state index contributed by atoms with van der Waals surface area (Å²) >= 11 is 4.40. The van der Waals surface area contributed by atoms with Gasteiger partial charge in [0.15, 0.2) is 0 Å². The number of carbonyl (C=O) groups is 3. The van der Waals surface area contributed by atoms with Gasteiger partial charge in [-0.15, -0.1) is 11.8 Å². The number of hydrogen-bond acceptors (Lipinski definition) is 6. The zero-order chi connectivity index (χ0) is 20.3. The summed E-state index contributed by atoms with van der Waals surface area (Å²) in [5, 5.41) is 12.6. The number of nitrogens with one attached hydrogen (secondary N) is 1. The second-order valence-corrected chi connectivity index (χ2v) is 8.01. The maximum Gasteiger partial charge on any atom is 0.269 e. The van der Waals surface area contributed by atoms with Gasteiger partial charge in [-0.1, -0.05) is 15.9 Å². The van der Waals surface area contributed by atoms with Crippen molar-refractivity contribution in [2.75, 3.05) is 16.0 Å². The van der Waals surface area contributed by atoms with E-state index in [0.29, 0.717) is 11.4 Å². The Bertz CT molecular complexity index is 933. The number of rotatable bonds is 6. The largest absolute Gasteiger partial charge is 0.325 e. The molecule has 1 aliphatic rings. The number of benzene rings is 2. The third kappa shape index (κ3) is 4.57. The average Bonchev–Trinajstić information content (AvgIpc) is 2.95. The van der Waals surface area contributed by atoms with Crippen LogP contribution in [0.5, 0.6) is 0 Å². The van der Waals surface area contributed by atoms with Gasteiger partial charge in [0.05, 0.1) is 21.6 Å². The van der Waals surface area contributed by atoms with Crippen LogP contribution in [0.1, 0.15) is 6.42 Å². The molecule has 0 bridgehead atoms. The molecular formula is C18H14BrN3O5S. The van der Waals surface area contributed by atoms with Gasteiger partial charge in [0, 0.05) is 28.7 Å². The van der Waals surface area contributed by atoms with E-state index in [1.54, 1.807) is 24.3 Å². The van der Waals surface area contributed by atoms with Crippen molar-refractivity contribution in [3.63, 3.8) is 0 Å². The van der Waals surface area contributed by atoms with Gasteiger partial charge in [-0.05, 0) is 36.4 Å². The van der Waals surface area contributed by atoms with E-state index in [-0.39, 0.29) is 35.6 Å². The predicted octanol–water partition coefficient (Wildman–Crippen LogP) is 3.36. The minimum atomic E-state index is -0.626. The molecule has 1 fully saturated rings. The van der Waals surface area contributed by atoms with Gasteiger partial charge in [0.2, 0.25) is 17.7 Å². The van der Waals surface area contributed by atoms with Crippen molar-refractivity contribution in [1.29, 1.82) is 0 Å². The first-order valence-electron chi connectivity index (χ1n) is 8.13. The molecule has 1 atom stereocenters. The number of halogens is 1. The summed E-state index contributed by atoms with van der Waals surface area (Å²) in [6.45, 7) is 0. The van der Waals surface area contributed by atoms with Crippen LogP contribution in [-0.2, 0) is 14.4 Å². The van der Waals surface area contributed by atoms with E-state index >= 15 is 0 Å². The van der Waals surface area contributed by atoms with Crippen LogP contribution in [-0.4, -0.2) is 33.6 Å². The van der Waals surface area contributed by atoms with Gasteiger partial charge in [0.25, 0.3) is 5.69 Å². The summed E-state index contributed by atoms with van der Waals surface area (Å²) in [5.41, 5.74) is 0.841. The minimum Gasteiger partial charge on any atom is -0.325 e. The van der Waals surface area contributed by atoms with Crippen molar-refractivity contribution in [1.82, 2.24) is 0 Å². The number of nitro benzene ring substituents is 1. The Hall–Kier alpha value is -2.72. The van der Waals surface area contributed by atoms with Crippen LogP contribution < -0.4 is 10.2 Å². The van der Waals surface area contributed by atoms with Crippen LogP contribution in [0, 0.1) is 10.1 Å². The van der Waals surface area contributed by atoms with E-state index in [1.807, 2.05) is 0 Å². The summed E-state index contributed by atoms with van der Waals surface area (Å²) in [7, 11) is 0. The standard InChI is InChI=1S/C18H14BrN3O5S/c19-11-1-5-13(6-2-11)21-17(24)9-15(18(21)25)28-10-16(23)20-12-3-7-14(8-4-12)22(26)27/h1-8,15H,9-10H2,(H,20,23). The number of carbonyl (C=O) groups excluding carboxylic acids is 3. The predicted molar refractivity (Wildman–Crippen MR) is 109 cm³/mol. The Morgan fingerprint density at radius 1 is 1.18 bits per heavy atom. The molecule has 0 aliphatic carbocycles. The highest BCUT2D eigenvalue weighted by Gasteiger charge is 2.40. The molecule has 3 rings (SSSR count). The Kier molecular flexibility index (Phi) is 6.10. The van der Waals surface area contributed by atoms with Gasteiger partial charge in [-0.25, -0.2) is 4.90 Å². The molecular weight excluding hydrogens is 450 g/mol. The van der Waals surface area contributed by atoms with Crippen LogP contribution in [0.3, 0.4) is 0 Å². The smallest absolute Gasteiger partial charge is 0.269 e. The summed E-state index contributed by atoms with van der Waals surface area (Å²) in [6, 6.07) is 12.3. The second-order valence-electron chi connectivity index (χ2n) is 5.90. The van der Waals surface area contributed by atoms with Gasteiger partial charge in [-0.2, -0.15) is 0 Å². The monoisotopic (exact) mass is 463 g/mol. The van der Waals surface area contributed by atoms with E-state index in [1.165, 1.54) is 24.3 Å². The third-order valence-corrected chi connectivity index (χ3v) is 5.70. The first-order valence-corrected chi connectivity index (χ1v) is 9.97. The molecule has 28 heavy (non-hydrogen) atoms. The topological polar surface area (TPSA) is 110 Å². The number of imide groups is 1.